The fraction of sp³-hybridized carbons (Fsp3) is 0.381. The number of fused-ring (bicyclic) bond motifs is 1. The molecule has 4 rings (SSSR count). The third kappa shape index (κ3) is 3.71. The Kier molecular flexibility index (Phi) is 4.79. The molecule has 1 atom stereocenters. The van der Waals surface area contributed by atoms with Crippen LogP contribution in [0.1, 0.15) is 22.6 Å². The van der Waals surface area contributed by atoms with Gasteiger partial charge in [-0.05, 0) is 36.7 Å². The number of esters is 1. The average Bonchev–Trinajstić information content (AvgIpc) is 2.67. The second-order valence-corrected chi connectivity index (χ2v) is 7.38. The van der Waals surface area contributed by atoms with Gasteiger partial charge in [0.2, 0.25) is 0 Å². The Bertz CT molecular complexity index is 889. The Hall–Kier alpha value is -2.54. The fourth-order valence-electron chi connectivity index (χ4n) is 3.74. The molecular formula is C21H21F3N2O2. The van der Waals surface area contributed by atoms with E-state index in [9.17, 15) is 18.0 Å². The lowest BCUT2D eigenvalue weighted by molar-refractivity contribution is -0.139. The predicted molar refractivity (Wildman–Crippen MR) is 99.7 cm³/mol. The number of benzene rings is 2. The van der Waals surface area contributed by atoms with Crippen LogP contribution in [-0.4, -0.2) is 44.1 Å². The van der Waals surface area contributed by atoms with Gasteiger partial charge in [0, 0.05) is 37.9 Å². The molecule has 1 unspecified atom stereocenters. The zero-order valence-corrected chi connectivity index (χ0v) is 15.5. The molecule has 0 spiro atoms. The lowest BCUT2D eigenvalue weighted by Crippen LogP contribution is -2.44. The van der Waals surface area contributed by atoms with Gasteiger partial charge < -0.3 is 14.5 Å². The molecule has 0 bridgehead atoms. The number of likely N-dealkylation sites (N-methyl/N-ethyl adjacent to an activating group) is 1. The van der Waals surface area contributed by atoms with E-state index in [1.165, 1.54) is 6.07 Å². The Morgan fingerprint density at radius 3 is 2.50 bits per heavy atom. The van der Waals surface area contributed by atoms with Gasteiger partial charge in [-0.1, -0.05) is 24.3 Å². The molecule has 2 heterocycles. The van der Waals surface area contributed by atoms with Gasteiger partial charge in [0.25, 0.3) is 0 Å². The number of anilines is 1. The fourth-order valence-corrected chi connectivity index (χ4v) is 3.74. The molecule has 7 heteroatoms. The minimum atomic E-state index is -4.44. The quantitative estimate of drug-likeness (QED) is 0.578. The molecule has 148 valence electrons. The van der Waals surface area contributed by atoms with E-state index in [1.807, 2.05) is 18.2 Å². The maximum atomic E-state index is 13.0. The van der Waals surface area contributed by atoms with E-state index in [0.29, 0.717) is 17.7 Å². The summed E-state index contributed by atoms with van der Waals surface area (Å²) in [5.74, 6) is -0.740. The minimum Gasteiger partial charge on any atom is -0.426 e. The van der Waals surface area contributed by atoms with Crippen molar-refractivity contribution in [3.63, 3.8) is 0 Å². The van der Waals surface area contributed by atoms with Crippen LogP contribution >= 0.6 is 0 Å². The third-order valence-corrected chi connectivity index (χ3v) is 5.45. The van der Waals surface area contributed by atoms with Crippen molar-refractivity contribution in [3.8, 4) is 5.75 Å². The summed E-state index contributed by atoms with van der Waals surface area (Å²) in [5, 5.41) is 0. The molecule has 2 aliphatic heterocycles. The maximum Gasteiger partial charge on any atom is 0.416 e. The number of nitrogens with zero attached hydrogens (tertiary/aromatic N) is 2. The van der Waals surface area contributed by atoms with E-state index < -0.39 is 23.6 Å². The van der Waals surface area contributed by atoms with Crippen molar-refractivity contribution in [1.29, 1.82) is 0 Å². The van der Waals surface area contributed by atoms with Crippen LogP contribution in [0.3, 0.4) is 0 Å². The first-order valence-electron chi connectivity index (χ1n) is 9.26. The highest BCUT2D eigenvalue weighted by molar-refractivity contribution is 5.83. The van der Waals surface area contributed by atoms with Gasteiger partial charge in [0.15, 0.2) is 0 Å². The first-order chi connectivity index (χ1) is 13.3. The SMILES string of the molecule is CN1CCN(c2ccc3c(c2)OC(=O)C(c2cccc(C(F)(F)F)c2)C3)CC1. The maximum absolute atomic E-state index is 13.0. The molecule has 4 nitrogen and oxygen atoms in total. The number of rotatable bonds is 2. The zero-order chi connectivity index (χ0) is 19.9. The summed E-state index contributed by atoms with van der Waals surface area (Å²) in [6.07, 6.45) is -4.11. The lowest BCUT2D eigenvalue weighted by atomic mass is 9.88. The van der Waals surface area contributed by atoms with Gasteiger partial charge in [-0.15, -0.1) is 0 Å². The summed E-state index contributed by atoms with van der Waals surface area (Å²) in [6.45, 7) is 3.73. The van der Waals surface area contributed by atoms with Gasteiger partial charge >= 0.3 is 12.1 Å². The van der Waals surface area contributed by atoms with Crippen LogP contribution in [0.15, 0.2) is 42.5 Å². The van der Waals surface area contributed by atoms with Gasteiger partial charge in [0.05, 0.1) is 11.5 Å². The van der Waals surface area contributed by atoms with E-state index >= 15 is 0 Å². The molecule has 1 saturated heterocycles. The monoisotopic (exact) mass is 390 g/mol. The first-order valence-corrected chi connectivity index (χ1v) is 9.26. The normalized spacial score (nSPS) is 20.6. The number of ether oxygens (including phenoxy) is 1. The second kappa shape index (κ2) is 7.13. The Balaban J connectivity index is 1.57. The summed E-state index contributed by atoms with van der Waals surface area (Å²) < 4.78 is 44.5. The summed E-state index contributed by atoms with van der Waals surface area (Å²) in [4.78, 5) is 17.0. The summed E-state index contributed by atoms with van der Waals surface area (Å²) in [5.41, 5.74) is 1.40. The van der Waals surface area contributed by atoms with Gasteiger partial charge in [-0.3, -0.25) is 4.79 Å². The van der Waals surface area contributed by atoms with E-state index in [2.05, 4.69) is 16.8 Å². The Morgan fingerprint density at radius 2 is 1.79 bits per heavy atom. The molecule has 1 fully saturated rings. The number of carbonyl (C=O) groups is 1. The van der Waals surface area contributed by atoms with Crippen molar-refractivity contribution in [1.82, 2.24) is 4.90 Å². The van der Waals surface area contributed by atoms with Gasteiger partial charge in [-0.2, -0.15) is 13.2 Å². The molecule has 28 heavy (non-hydrogen) atoms. The van der Waals surface area contributed by atoms with Crippen molar-refractivity contribution < 1.29 is 22.7 Å². The average molecular weight is 390 g/mol. The van der Waals surface area contributed by atoms with Crippen molar-refractivity contribution >= 4 is 11.7 Å². The standard InChI is InChI=1S/C21H21F3N2O2/c1-25-7-9-26(10-8-25)17-6-5-15-12-18(20(27)28-19(15)13-17)14-3-2-4-16(11-14)21(22,23)24/h2-6,11,13,18H,7-10,12H2,1H3. The second-order valence-electron chi connectivity index (χ2n) is 7.38. The largest absolute Gasteiger partial charge is 0.426 e. The number of hydrogen-bond acceptors (Lipinski definition) is 4. The Labute approximate surface area is 161 Å². The molecular weight excluding hydrogens is 369 g/mol. The molecule has 2 aromatic carbocycles. The molecule has 2 aliphatic rings. The highest BCUT2D eigenvalue weighted by Crippen LogP contribution is 2.38. The zero-order valence-electron chi connectivity index (χ0n) is 15.5. The van der Waals surface area contributed by atoms with E-state index in [1.54, 1.807) is 6.07 Å². The summed E-state index contributed by atoms with van der Waals surface area (Å²) in [7, 11) is 2.08. The van der Waals surface area contributed by atoms with Crippen molar-refractivity contribution in [2.45, 2.75) is 18.5 Å². The van der Waals surface area contributed by atoms with Crippen molar-refractivity contribution in [2.24, 2.45) is 0 Å². The van der Waals surface area contributed by atoms with Crippen LogP contribution in [0, 0.1) is 0 Å². The van der Waals surface area contributed by atoms with Crippen LogP contribution in [0.25, 0.3) is 0 Å². The molecule has 0 radical (unpaired) electrons. The van der Waals surface area contributed by atoms with Crippen LogP contribution in [0.4, 0.5) is 18.9 Å². The van der Waals surface area contributed by atoms with Gasteiger partial charge in [0.1, 0.15) is 5.75 Å². The summed E-state index contributed by atoms with van der Waals surface area (Å²) in [6, 6.07) is 10.7. The molecule has 0 aromatic heterocycles. The predicted octanol–water partition coefficient (Wildman–Crippen LogP) is 3.70. The Morgan fingerprint density at radius 1 is 1.04 bits per heavy atom. The molecule has 0 saturated carbocycles. The number of carbonyl (C=O) groups excluding carboxylic acids is 1. The number of halogens is 3. The smallest absolute Gasteiger partial charge is 0.416 e. The highest BCUT2D eigenvalue weighted by atomic mass is 19.4. The number of piperazine rings is 1. The number of hydrogen-bond donors (Lipinski definition) is 0. The van der Waals surface area contributed by atoms with Crippen LogP contribution in [0.5, 0.6) is 5.75 Å². The molecule has 0 amide bonds. The van der Waals surface area contributed by atoms with Crippen molar-refractivity contribution in [3.05, 3.63) is 59.2 Å². The molecule has 0 N–H and O–H groups in total. The highest BCUT2D eigenvalue weighted by Gasteiger charge is 2.34. The van der Waals surface area contributed by atoms with E-state index in [0.717, 1.165) is 49.6 Å². The topological polar surface area (TPSA) is 32.8 Å². The minimum absolute atomic E-state index is 0.327. The molecule has 0 aliphatic carbocycles. The lowest BCUT2D eigenvalue weighted by Gasteiger charge is -2.34. The summed E-state index contributed by atoms with van der Waals surface area (Å²) >= 11 is 0. The van der Waals surface area contributed by atoms with Crippen LogP contribution in [0.2, 0.25) is 0 Å². The van der Waals surface area contributed by atoms with Gasteiger partial charge in [-0.25, -0.2) is 0 Å². The number of alkyl halides is 3. The van der Waals surface area contributed by atoms with Crippen LogP contribution in [-0.2, 0) is 17.4 Å². The van der Waals surface area contributed by atoms with E-state index in [-0.39, 0.29) is 0 Å². The van der Waals surface area contributed by atoms with Crippen molar-refractivity contribution in [2.75, 3.05) is 38.1 Å². The molecule has 2 aromatic rings. The first kappa shape index (κ1) is 18.8. The third-order valence-electron chi connectivity index (χ3n) is 5.45. The van der Waals surface area contributed by atoms with Crippen LogP contribution < -0.4 is 9.64 Å². The van der Waals surface area contributed by atoms with E-state index in [4.69, 9.17) is 4.74 Å².